The molecule has 1 aromatic carbocycles. The minimum Gasteiger partial charge on any atom is -0.357 e. The van der Waals surface area contributed by atoms with E-state index in [1.807, 2.05) is 18.2 Å². The molecule has 1 fully saturated rings. The molecule has 5 nitrogen and oxygen atoms in total. The van der Waals surface area contributed by atoms with Gasteiger partial charge in [-0.1, -0.05) is 31.9 Å². The second-order valence-electron chi connectivity index (χ2n) is 7.17. The van der Waals surface area contributed by atoms with Crippen LogP contribution >= 0.6 is 0 Å². The first kappa shape index (κ1) is 19.3. The fourth-order valence-electron chi connectivity index (χ4n) is 3.34. The van der Waals surface area contributed by atoms with Crippen LogP contribution in [0.3, 0.4) is 0 Å². The van der Waals surface area contributed by atoms with E-state index in [9.17, 15) is 4.79 Å². The first-order valence-corrected chi connectivity index (χ1v) is 9.39. The molecule has 1 aromatic rings. The summed E-state index contributed by atoms with van der Waals surface area (Å²) in [4.78, 5) is 16.5. The molecule has 138 valence electrons. The number of nitrogens with one attached hydrogen (secondary N) is 3. The molecule has 25 heavy (non-hydrogen) atoms. The van der Waals surface area contributed by atoms with Crippen LogP contribution in [0.25, 0.3) is 0 Å². The third kappa shape index (κ3) is 6.07. The van der Waals surface area contributed by atoms with E-state index in [-0.39, 0.29) is 5.91 Å². The van der Waals surface area contributed by atoms with Crippen LogP contribution in [0.4, 0.5) is 0 Å². The van der Waals surface area contributed by atoms with Crippen molar-refractivity contribution in [3.63, 3.8) is 0 Å². The number of guanidine groups is 1. The Labute approximate surface area is 151 Å². The highest BCUT2D eigenvalue weighted by atomic mass is 16.1. The predicted molar refractivity (Wildman–Crippen MR) is 104 cm³/mol. The monoisotopic (exact) mass is 344 g/mol. The highest BCUT2D eigenvalue weighted by molar-refractivity contribution is 5.94. The van der Waals surface area contributed by atoms with E-state index in [2.05, 4.69) is 35.9 Å². The molecule has 0 heterocycles. The van der Waals surface area contributed by atoms with Gasteiger partial charge in [-0.3, -0.25) is 9.79 Å². The Morgan fingerprint density at radius 2 is 2.00 bits per heavy atom. The topological polar surface area (TPSA) is 65.5 Å². The molecule has 2 rings (SSSR count). The molecule has 0 aliphatic heterocycles. The van der Waals surface area contributed by atoms with E-state index in [1.54, 1.807) is 7.05 Å². The average molecular weight is 345 g/mol. The predicted octanol–water partition coefficient (Wildman–Crippen LogP) is 2.72. The van der Waals surface area contributed by atoms with Gasteiger partial charge in [0, 0.05) is 32.2 Å². The summed E-state index contributed by atoms with van der Waals surface area (Å²) >= 11 is 0. The number of benzene rings is 1. The summed E-state index contributed by atoms with van der Waals surface area (Å²) in [5, 5.41) is 9.40. The Balaban J connectivity index is 1.87. The standard InChI is InChI=1S/C20H32N4O/c1-4-22-19(24-15-20(2)11-5-6-12-20)23-13-10-16-8-7-9-17(14-16)18(25)21-3/h7-9,14H,4-6,10-13,15H2,1-3H3,(H,21,25)(H2,22,23,24). The summed E-state index contributed by atoms with van der Waals surface area (Å²) in [5.41, 5.74) is 2.21. The third-order valence-electron chi connectivity index (χ3n) is 4.90. The third-order valence-corrected chi connectivity index (χ3v) is 4.90. The van der Waals surface area contributed by atoms with Gasteiger partial charge in [0.15, 0.2) is 5.96 Å². The molecule has 1 amide bonds. The van der Waals surface area contributed by atoms with Crippen LogP contribution in [0.2, 0.25) is 0 Å². The van der Waals surface area contributed by atoms with Crippen LogP contribution < -0.4 is 16.0 Å². The summed E-state index contributed by atoms with van der Waals surface area (Å²) in [6, 6.07) is 7.77. The van der Waals surface area contributed by atoms with Crippen molar-refractivity contribution in [1.82, 2.24) is 16.0 Å². The Bertz CT molecular complexity index is 591. The zero-order valence-electron chi connectivity index (χ0n) is 15.8. The molecule has 5 heteroatoms. The minimum absolute atomic E-state index is 0.0467. The average Bonchev–Trinajstić information content (AvgIpc) is 3.06. The Hall–Kier alpha value is -2.04. The molecule has 0 spiro atoms. The second-order valence-corrected chi connectivity index (χ2v) is 7.17. The molecule has 0 bridgehead atoms. The number of aliphatic imine (C=N–C) groups is 1. The number of hydrogen-bond acceptors (Lipinski definition) is 2. The summed E-state index contributed by atoms with van der Waals surface area (Å²) < 4.78 is 0. The van der Waals surface area contributed by atoms with Crippen molar-refractivity contribution < 1.29 is 4.79 Å². The van der Waals surface area contributed by atoms with Crippen LogP contribution in [-0.2, 0) is 6.42 Å². The molecule has 1 saturated carbocycles. The van der Waals surface area contributed by atoms with E-state index >= 15 is 0 Å². The lowest BCUT2D eigenvalue weighted by atomic mass is 9.89. The number of carbonyl (C=O) groups is 1. The van der Waals surface area contributed by atoms with Crippen LogP contribution in [0.1, 0.15) is 55.5 Å². The second kappa shape index (κ2) is 9.44. The van der Waals surface area contributed by atoms with E-state index in [0.717, 1.165) is 37.6 Å². The van der Waals surface area contributed by atoms with Gasteiger partial charge in [-0.25, -0.2) is 0 Å². The summed E-state index contributed by atoms with van der Waals surface area (Å²) in [5.74, 6) is 0.840. The van der Waals surface area contributed by atoms with Crippen LogP contribution in [0.15, 0.2) is 29.3 Å². The summed E-state index contributed by atoms with van der Waals surface area (Å²) in [6.07, 6.45) is 6.08. The molecule has 0 saturated heterocycles. The number of hydrogen-bond donors (Lipinski definition) is 3. The number of amides is 1. The van der Waals surface area contributed by atoms with Gasteiger partial charge in [0.05, 0.1) is 0 Å². The van der Waals surface area contributed by atoms with E-state index < -0.39 is 0 Å². The van der Waals surface area contributed by atoms with Gasteiger partial charge < -0.3 is 16.0 Å². The lowest BCUT2D eigenvalue weighted by molar-refractivity contribution is 0.0963. The van der Waals surface area contributed by atoms with Gasteiger partial charge in [0.1, 0.15) is 0 Å². The van der Waals surface area contributed by atoms with Crippen LogP contribution in [0.5, 0.6) is 0 Å². The van der Waals surface area contributed by atoms with Crippen molar-refractivity contribution in [2.75, 3.05) is 26.7 Å². The normalized spacial score (nSPS) is 16.5. The first-order valence-electron chi connectivity index (χ1n) is 9.39. The minimum atomic E-state index is -0.0467. The lowest BCUT2D eigenvalue weighted by Gasteiger charge is -2.21. The molecule has 3 N–H and O–H groups in total. The Morgan fingerprint density at radius 1 is 1.24 bits per heavy atom. The zero-order chi connectivity index (χ0) is 18.1. The smallest absolute Gasteiger partial charge is 0.251 e. The number of rotatable bonds is 7. The van der Waals surface area contributed by atoms with Gasteiger partial charge in [-0.2, -0.15) is 0 Å². The van der Waals surface area contributed by atoms with Gasteiger partial charge in [-0.05, 0) is 49.3 Å². The fraction of sp³-hybridized carbons (Fsp3) is 0.600. The van der Waals surface area contributed by atoms with E-state index in [1.165, 1.54) is 25.7 Å². The molecule has 0 radical (unpaired) electrons. The molecular formula is C20H32N4O. The number of nitrogens with zero attached hydrogens (tertiary/aromatic N) is 1. The molecular weight excluding hydrogens is 312 g/mol. The summed E-state index contributed by atoms with van der Waals surface area (Å²) in [7, 11) is 1.65. The van der Waals surface area contributed by atoms with E-state index in [0.29, 0.717) is 11.0 Å². The van der Waals surface area contributed by atoms with Crippen molar-refractivity contribution in [2.24, 2.45) is 10.4 Å². The molecule has 0 unspecified atom stereocenters. The van der Waals surface area contributed by atoms with Crippen LogP contribution in [0, 0.1) is 5.41 Å². The lowest BCUT2D eigenvalue weighted by Crippen LogP contribution is -2.39. The maximum atomic E-state index is 11.7. The van der Waals surface area contributed by atoms with Crippen molar-refractivity contribution >= 4 is 11.9 Å². The first-order chi connectivity index (χ1) is 12.1. The number of carbonyl (C=O) groups excluding carboxylic acids is 1. The summed E-state index contributed by atoms with van der Waals surface area (Å²) in [6.45, 7) is 6.96. The maximum absolute atomic E-state index is 11.7. The highest BCUT2D eigenvalue weighted by Gasteiger charge is 2.28. The van der Waals surface area contributed by atoms with Gasteiger partial charge in [0.25, 0.3) is 5.91 Å². The fourth-order valence-corrected chi connectivity index (χ4v) is 3.34. The van der Waals surface area contributed by atoms with Crippen molar-refractivity contribution in [3.8, 4) is 0 Å². The molecule has 1 aliphatic rings. The Morgan fingerprint density at radius 3 is 2.68 bits per heavy atom. The van der Waals surface area contributed by atoms with Crippen molar-refractivity contribution in [3.05, 3.63) is 35.4 Å². The highest BCUT2D eigenvalue weighted by Crippen LogP contribution is 2.37. The van der Waals surface area contributed by atoms with Crippen molar-refractivity contribution in [2.45, 2.75) is 46.0 Å². The van der Waals surface area contributed by atoms with E-state index in [4.69, 9.17) is 4.99 Å². The molecule has 0 atom stereocenters. The van der Waals surface area contributed by atoms with Gasteiger partial charge >= 0.3 is 0 Å². The van der Waals surface area contributed by atoms with Gasteiger partial charge in [-0.15, -0.1) is 0 Å². The van der Waals surface area contributed by atoms with Crippen LogP contribution in [-0.4, -0.2) is 38.5 Å². The quantitative estimate of drug-likeness (QED) is 0.526. The maximum Gasteiger partial charge on any atom is 0.251 e. The SMILES string of the molecule is CCNC(=NCC1(C)CCCC1)NCCc1cccc(C(=O)NC)c1. The Kier molecular flexibility index (Phi) is 7.29. The molecule has 1 aliphatic carbocycles. The zero-order valence-corrected chi connectivity index (χ0v) is 15.8. The van der Waals surface area contributed by atoms with Gasteiger partial charge in [0.2, 0.25) is 0 Å². The largest absolute Gasteiger partial charge is 0.357 e. The molecule has 0 aromatic heterocycles. The van der Waals surface area contributed by atoms with Crippen molar-refractivity contribution in [1.29, 1.82) is 0 Å².